The van der Waals surface area contributed by atoms with Crippen LogP contribution in [0.2, 0.25) is 0 Å². The third-order valence-electron chi connectivity index (χ3n) is 2.30. The molecule has 0 bridgehead atoms. The number of halogens is 3. The molecule has 0 fully saturated rings. The van der Waals surface area contributed by atoms with Gasteiger partial charge in [-0.05, 0) is 30.0 Å². The number of hydrogen-bond acceptors (Lipinski definition) is 5. The van der Waals surface area contributed by atoms with Crippen LogP contribution in [0.1, 0.15) is 10.4 Å². The Morgan fingerprint density at radius 1 is 1.40 bits per heavy atom. The van der Waals surface area contributed by atoms with Gasteiger partial charge in [0.15, 0.2) is 0 Å². The van der Waals surface area contributed by atoms with E-state index in [2.05, 4.69) is 0 Å². The summed E-state index contributed by atoms with van der Waals surface area (Å²) in [6.45, 7) is -0.315. The first-order valence-electron chi connectivity index (χ1n) is 5.65. The molecule has 0 radical (unpaired) electrons. The van der Waals surface area contributed by atoms with Crippen molar-refractivity contribution in [3.8, 4) is 0 Å². The lowest BCUT2D eigenvalue weighted by Gasteiger charge is -2.17. The van der Waals surface area contributed by atoms with Crippen LogP contribution in [0.15, 0.2) is 18.2 Å². The van der Waals surface area contributed by atoms with Crippen molar-refractivity contribution < 1.29 is 22.7 Å². The van der Waals surface area contributed by atoms with E-state index in [4.69, 9.17) is 10.5 Å². The van der Waals surface area contributed by atoms with Gasteiger partial charge in [-0.1, -0.05) is 0 Å². The van der Waals surface area contributed by atoms with E-state index in [1.165, 1.54) is 6.07 Å². The molecule has 1 rings (SSSR count). The molecule has 0 aliphatic carbocycles. The Morgan fingerprint density at radius 3 is 2.60 bits per heavy atom. The molecule has 0 atom stereocenters. The van der Waals surface area contributed by atoms with E-state index < -0.39 is 11.5 Å². The van der Waals surface area contributed by atoms with Gasteiger partial charge in [0.1, 0.15) is 6.61 Å². The molecule has 8 heteroatoms. The summed E-state index contributed by atoms with van der Waals surface area (Å²) < 4.78 is 40.6. The van der Waals surface area contributed by atoms with Gasteiger partial charge in [-0.15, -0.1) is 0 Å². The van der Waals surface area contributed by atoms with Gasteiger partial charge in [-0.25, -0.2) is 4.79 Å². The van der Waals surface area contributed by atoms with Gasteiger partial charge in [-0.2, -0.15) is 13.2 Å². The average Bonchev–Trinajstić information content (AvgIpc) is 2.32. The monoisotopic (exact) mass is 308 g/mol. The minimum atomic E-state index is -4.32. The van der Waals surface area contributed by atoms with Crippen molar-refractivity contribution in [2.75, 3.05) is 37.1 Å². The van der Waals surface area contributed by atoms with E-state index in [0.717, 1.165) is 0 Å². The first kappa shape index (κ1) is 16.5. The molecule has 0 spiro atoms. The number of nitrogens with two attached hydrogens (primary N) is 1. The van der Waals surface area contributed by atoms with Crippen LogP contribution >= 0.6 is 11.8 Å². The second kappa shape index (κ2) is 6.74. The first-order valence-corrected chi connectivity index (χ1v) is 6.64. The minimum absolute atomic E-state index is 0.228. The van der Waals surface area contributed by atoms with Crippen molar-refractivity contribution >= 4 is 29.1 Å². The first-order chi connectivity index (χ1) is 9.20. The van der Waals surface area contributed by atoms with Crippen molar-refractivity contribution in [2.24, 2.45) is 0 Å². The number of anilines is 2. The van der Waals surface area contributed by atoms with Crippen molar-refractivity contribution in [1.29, 1.82) is 0 Å². The lowest BCUT2D eigenvalue weighted by Crippen LogP contribution is -2.17. The van der Waals surface area contributed by atoms with Gasteiger partial charge in [0, 0.05) is 25.5 Å². The SMILES string of the molecule is CN(C)c1ccc(N)cc1C(=O)OCCSC(F)(F)F. The smallest absolute Gasteiger partial charge is 0.441 e. The number of ether oxygens (including phenoxy) is 1. The molecule has 0 aliphatic rings. The molecule has 112 valence electrons. The molecule has 20 heavy (non-hydrogen) atoms. The molecular formula is C12H15F3N2O2S. The summed E-state index contributed by atoms with van der Waals surface area (Å²) in [6.07, 6.45) is 0. The normalized spacial score (nSPS) is 11.2. The summed E-state index contributed by atoms with van der Waals surface area (Å²) in [4.78, 5) is 13.5. The highest BCUT2D eigenvalue weighted by Gasteiger charge is 2.27. The van der Waals surface area contributed by atoms with Gasteiger partial charge in [-0.3, -0.25) is 0 Å². The largest absolute Gasteiger partial charge is 0.461 e. The van der Waals surface area contributed by atoms with Crippen LogP contribution < -0.4 is 10.6 Å². The van der Waals surface area contributed by atoms with Crippen LogP contribution in [-0.4, -0.2) is 37.9 Å². The highest BCUT2D eigenvalue weighted by atomic mass is 32.2. The number of nitrogen functional groups attached to an aromatic ring is 1. The van der Waals surface area contributed by atoms with Gasteiger partial charge in [0.2, 0.25) is 0 Å². The third kappa shape index (κ3) is 5.20. The fourth-order valence-electron chi connectivity index (χ4n) is 1.48. The van der Waals surface area contributed by atoms with Crippen molar-refractivity contribution in [2.45, 2.75) is 5.51 Å². The number of hydrogen-bond donors (Lipinski definition) is 1. The second-order valence-electron chi connectivity index (χ2n) is 4.10. The van der Waals surface area contributed by atoms with E-state index in [1.807, 2.05) is 0 Å². The number of esters is 1. The van der Waals surface area contributed by atoms with E-state index >= 15 is 0 Å². The maximum atomic E-state index is 11.9. The lowest BCUT2D eigenvalue weighted by atomic mass is 10.1. The molecule has 0 heterocycles. The maximum absolute atomic E-state index is 11.9. The summed E-state index contributed by atoms with van der Waals surface area (Å²) >= 11 is -0.228. The summed E-state index contributed by atoms with van der Waals surface area (Å²) in [5.41, 5.74) is 2.48. The van der Waals surface area contributed by atoms with Crippen LogP contribution in [0, 0.1) is 0 Å². The quantitative estimate of drug-likeness (QED) is 0.515. The Labute approximate surface area is 119 Å². The fraction of sp³-hybridized carbons (Fsp3) is 0.417. The fourth-order valence-corrected chi connectivity index (χ4v) is 1.87. The van der Waals surface area contributed by atoms with Gasteiger partial charge in [0.05, 0.1) is 11.3 Å². The molecular weight excluding hydrogens is 293 g/mol. The molecule has 2 N–H and O–H groups in total. The Morgan fingerprint density at radius 2 is 2.05 bits per heavy atom. The molecule has 0 unspecified atom stereocenters. The second-order valence-corrected chi connectivity index (χ2v) is 5.26. The molecule has 4 nitrogen and oxygen atoms in total. The van der Waals surface area contributed by atoms with Crippen LogP contribution in [-0.2, 0) is 4.74 Å². The third-order valence-corrected chi connectivity index (χ3v) is 3.00. The Hall–Kier alpha value is -1.57. The Kier molecular flexibility index (Phi) is 5.55. The topological polar surface area (TPSA) is 55.6 Å². The lowest BCUT2D eigenvalue weighted by molar-refractivity contribution is -0.0331. The minimum Gasteiger partial charge on any atom is -0.461 e. The zero-order valence-corrected chi connectivity index (χ0v) is 11.8. The van der Waals surface area contributed by atoms with E-state index in [0.29, 0.717) is 11.4 Å². The zero-order valence-electron chi connectivity index (χ0n) is 11.0. The molecule has 0 saturated heterocycles. The van der Waals surface area contributed by atoms with Gasteiger partial charge >= 0.3 is 11.5 Å². The van der Waals surface area contributed by atoms with E-state index in [9.17, 15) is 18.0 Å². The summed E-state index contributed by atoms with van der Waals surface area (Å²) in [5, 5.41) is 0. The van der Waals surface area contributed by atoms with Crippen LogP contribution in [0.5, 0.6) is 0 Å². The maximum Gasteiger partial charge on any atom is 0.441 e. The number of thioether (sulfide) groups is 1. The molecule has 0 amide bonds. The zero-order chi connectivity index (χ0) is 15.3. The van der Waals surface area contributed by atoms with Crippen molar-refractivity contribution in [1.82, 2.24) is 0 Å². The van der Waals surface area contributed by atoms with Crippen molar-refractivity contribution in [3.63, 3.8) is 0 Å². The Balaban J connectivity index is 2.65. The highest BCUT2D eigenvalue weighted by Crippen LogP contribution is 2.30. The predicted molar refractivity (Wildman–Crippen MR) is 74.0 cm³/mol. The van der Waals surface area contributed by atoms with E-state index in [1.54, 1.807) is 31.1 Å². The van der Waals surface area contributed by atoms with Crippen molar-refractivity contribution in [3.05, 3.63) is 23.8 Å². The summed E-state index contributed by atoms with van der Waals surface area (Å²) in [5.74, 6) is -1.03. The number of alkyl halides is 3. The van der Waals surface area contributed by atoms with Gasteiger partial charge in [0.25, 0.3) is 0 Å². The number of nitrogens with zero attached hydrogens (tertiary/aromatic N) is 1. The average molecular weight is 308 g/mol. The van der Waals surface area contributed by atoms with Crippen LogP contribution in [0.4, 0.5) is 24.5 Å². The molecule has 1 aromatic carbocycles. The predicted octanol–water partition coefficient (Wildman–Crippen LogP) is 2.74. The molecule has 1 aromatic rings. The van der Waals surface area contributed by atoms with Gasteiger partial charge < -0.3 is 15.4 Å². The highest BCUT2D eigenvalue weighted by molar-refractivity contribution is 8.00. The number of carbonyl (C=O) groups excluding carboxylic acids is 1. The molecule has 0 aromatic heterocycles. The number of carbonyl (C=O) groups is 1. The molecule has 0 aliphatic heterocycles. The number of rotatable bonds is 5. The van der Waals surface area contributed by atoms with Crippen LogP contribution in [0.25, 0.3) is 0 Å². The molecule has 0 saturated carbocycles. The summed E-state index contributed by atoms with van der Waals surface area (Å²) in [7, 11) is 3.48. The number of benzene rings is 1. The Bertz CT molecular complexity index is 478. The van der Waals surface area contributed by atoms with Crippen LogP contribution in [0.3, 0.4) is 0 Å². The summed E-state index contributed by atoms with van der Waals surface area (Å²) in [6, 6.07) is 4.72. The standard InChI is InChI=1S/C12H15F3N2O2S/c1-17(2)10-4-3-8(16)7-9(10)11(18)19-5-6-20-12(13,14)15/h3-4,7H,5-6,16H2,1-2H3. The van der Waals surface area contributed by atoms with E-state index in [-0.39, 0.29) is 29.7 Å².